The maximum atomic E-state index is 2.57. The lowest BCUT2D eigenvalue weighted by molar-refractivity contribution is 0.451. The van der Waals surface area contributed by atoms with E-state index in [2.05, 4.69) is 185 Å². The summed E-state index contributed by atoms with van der Waals surface area (Å²) in [5.74, 6) is 0.357. The summed E-state index contributed by atoms with van der Waals surface area (Å²) >= 11 is 0. The van der Waals surface area contributed by atoms with Gasteiger partial charge in [0.25, 0.3) is 0 Å². The van der Waals surface area contributed by atoms with Crippen LogP contribution in [0.1, 0.15) is 235 Å². The Morgan fingerprint density at radius 1 is 0.362 bits per heavy atom. The second-order valence-electron chi connectivity index (χ2n) is 23.4. The molecule has 0 aliphatic carbocycles. The Hall–Kier alpha value is -1.56. The maximum Gasteiger partial charge on any atom is -0.0126 e. The third kappa shape index (κ3) is 8.97. The molecule has 0 fully saturated rings. The van der Waals surface area contributed by atoms with Crippen molar-refractivity contribution in [2.24, 2.45) is 0 Å². The smallest absolute Gasteiger partial charge is 0.0126 e. The van der Waals surface area contributed by atoms with Gasteiger partial charge in [-0.05, 0) is 111 Å². The summed E-state index contributed by atoms with van der Waals surface area (Å²) in [4.78, 5) is 0. The highest BCUT2D eigenvalue weighted by atomic mass is 14.5. The van der Waals surface area contributed by atoms with Crippen molar-refractivity contribution >= 4 is 0 Å². The van der Waals surface area contributed by atoms with Crippen LogP contribution < -0.4 is 0 Å². The highest BCUT2D eigenvalue weighted by Gasteiger charge is 2.43. The molecule has 47 heavy (non-hydrogen) atoms. The third-order valence-corrected chi connectivity index (χ3v) is 10.0. The van der Waals surface area contributed by atoms with Crippen molar-refractivity contribution in [1.82, 2.24) is 0 Å². The zero-order chi connectivity index (χ0) is 37.5. The minimum Gasteiger partial charge on any atom is -0.0581 e. The molecule has 0 aromatic heterocycles. The first-order valence-corrected chi connectivity index (χ1v) is 18.8. The highest BCUT2D eigenvalue weighted by Crippen LogP contribution is 2.53. The Bertz CT molecular complexity index is 1340. The number of hydrogen-bond acceptors (Lipinski definition) is 0. The van der Waals surface area contributed by atoms with Gasteiger partial charge in [0.15, 0.2) is 0 Å². The molecule has 0 saturated carbocycles. The molecule has 0 N–H and O–H groups in total. The van der Waals surface area contributed by atoms with Gasteiger partial charge in [-0.3, -0.25) is 0 Å². The molecule has 2 aromatic carbocycles. The summed E-state index contributed by atoms with van der Waals surface area (Å²) in [6, 6.07) is 5.14. The molecular weight excluding hydrogens is 565 g/mol. The number of rotatable bonds is 3. The molecule has 2 aromatic rings. The van der Waals surface area contributed by atoms with Crippen LogP contribution in [0.15, 0.2) is 12.1 Å². The van der Waals surface area contributed by atoms with Gasteiger partial charge in [0.2, 0.25) is 0 Å². The van der Waals surface area contributed by atoms with Gasteiger partial charge in [0.05, 0.1) is 0 Å². The highest BCUT2D eigenvalue weighted by molar-refractivity contribution is 5.63. The van der Waals surface area contributed by atoms with Crippen molar-refractivity contribution in [3.8, 4) is 0 Å². The molecule has 0 nitrogen and oxygen atoms in total. The molecule has 1 unspecified atom stereocenters. The van der Waals surface area contributed by atoms with Crippen molar-refractivity contribution in [2.75, 3.05) is 0 Å². The minimum absolute atomic E-state index is 0.00112. The Morgan fingerprint density at radius 2 is 0.617 bits per heavy atom. The number of benzene rings is 2. The summed E-state index contributed by atoms with van der Waals surface area (Å²) in [6.45, 7) is 61.2. The monoisotopic (exact) mass is 645 g/mol. The summed E-state index contributed by atoms with van der Waals surface area (Å²) < 4.78 is 0. The van der Waals surface area contributed by atoms with Crippen molar-refractivity contribution in [3.63, 3.8) is 0 Å². The van der Waals surface area contributed by atoms with E-state index in [-0.39, 0.29) is 43.3 Å². The van der Waals surface area contributed by atoms with E-state index in [9.17, 15) is 0 Å². The van der Waals surface area contributed by atoms with E-state index >= 15 is 0 Å². The van der Waals surface area contributed by atoms with E-state index in [1.165, 1.54) is 16.7 Å². The van der Waals surface area contributed by atoms with Crippen molar-refractivity contribution in [3.05, 3.63) is 67.8 Å². The van der Waals surface area contributed by atoms with Gasteiger partial charge in [-0.2, -0.15) is 0 Å². The molecule has 0 aliphatic heterocycles. The van der Waals surface area contributed by atoms with Crippen LogP contribution in [0.4, 0.5) is 0 Å². The first-order chi connectivity index (χ1) is 20.3. The van der Waals surface area contributed by atoms with Crippen molar-refractivity contribution in [2.45, 2.75) is 229 Å². The first kappa shape index (κ1) is 41.6. The fourth-order valence-corrected chi connectivity index (χ4v) is 8.18. The van der Waals surface area contributed by atoms with Gasteiger partial charge in [0, 0.05) is 0 Å². The molecular formula is C47H80. The van der Waals surface area contributed by atoms with Crippen LogP contribution >= 0.6 is 0 Å². The molecule has 0 radical (unpaired) electrons. The van der Waals surface area contributed by atoms with E-state index in [4.69, 9.17) is 0 Å². The van der Waals surface area contributed by atoms with E-state index in [0.29, 0.717) is 5.92 Å². The zero-order valence-electron chi connectivity index (χ0n) is 36.4. The van der Waals surface area contributed by atoms with Crippen LogP contribution in [0, 0.1) is 0 Å². The molecule has 0 aliphatic rings. The van der Waals surface area contributed by atoms with E-state index in [1.54, 1.807) is 38.9 Å². The van der Waals surface area contributed by atoms with Crippen molar-refractivity contribution in [1.29, 1.82) is 0 Å². The van der Waals surface area contributed by atoms with Gasteiger partial charge in [-0.15, -0.1) is 0 Å². The van der Waals surface area contributed by atoms with Gasteiger partial charge in [-0.25, -0.2) is 0 Å². The summed E-state index contributed by atoms with van der Waals surface area (Å²) in [5.41, 5.74) is 15.8. The predicted molar refractivity (Wildman–Crippen MR) is 215 cm³/mol. The molecule has 2 rings (SSSR count). The molecule has 0 heteroatoms. The Balaban J connectivity index is 3.42. The maximum absolute atomic E-state index is 2.57. The number of hydrogen-bond donors (Lipinski definition) is 0. The van der Waals surface area contributed by atoms with Crippen LogP contribution in [-0.4, -0.2) is 0 Å². The Labute approximate surface area is 295 Å². The van der Waals surface area contributed by atoms with Crippen LogP contribution in [0.2, 0.25) is 0 Å². The third-order valence-electron chi connectivity index (χ3n) is 10.0. The predicted octanol–water partition coefficient (Wildman–Crippen LogP) is 14.4. The summed E-state index contributed by atoms with van der Waals surface area (Å²) in [6.07, 6.45) is 1.04. The average molecular weight is 645 g/mol. The van der Waals surface area contributed by atoms with Gasteiger partial charge in [-0.1, -0.05) is 185 Å². The molecule has 0 amide bonds. The molecule has 0 bridgehead atoms. The lowest BCUT2D eigenvalue weighted by Crippen LogP contribution is -2.37. The lowest BCUT2D eigenvalue weighted by atomic mass is 9.58. The van der Waals surface area contributed by atoms with Crippen LogP contribution in [0.3, 0.4) is 0 Å². The first-order valence-electron chi connectivity index (χ1n) is 18.8. The molecule has 0 spiro atoms. The fourth-order valence-electron chi connectivity index (χ4n) is 8.18. The van der Waals surface area contributed by atoms with Gasteiger partial charge >= 0.3 is 0 Å². The Morgan fingerprint density at radius 3 is 0.830 bits per heavy atom. The largest absolute Gasteiger partial charge is 0.0581 e. The molecule has 268 valence electrons. The SMILES string of the molecule is CC(Cc1c(C(C)(C)C)c(C(C)(C)C)c(C(C)(C)C)c(C(C)(C)C)c1C(C)(C)C)c1c(C(C)(C)C)cc(C(C)(C)C)cc1C(C)(C)C. The van der Waals surface area contributed by atoms with E-state index in [0.717, 1.165) is 6.42 Å². The standard InChI is InChI=1S/C47H80/c1-29(34-32(41(5,6)7)27-30(40(2,3)4)28-33(34)42(8,9)10)26-31-35(43(11,12)13)37(45(17,18)19)39(47(23,24)25)38(46(20,21)22)36(31)44(14,15)16/h27-29H,26H2,1-25H3. The normalized spacial score (nSPS) is 15.3. The molecule has 0 saturated heterocycles. The van der Waals surface area contributed by atoms with Crippen molar-refractivity contribution < 1.29 is 0 Å². The van der Waals surface area contributed by atoms with Crippen LogP contribution in [0.5, 0.6) is 0 Å². The van der Waals surface area contributed by atoms with Gasteiger partial charge < -0.3 is 0 Å². The zero-order valence-corrected chi connectivity index (χ0v) is 36.4. The quantitative estimate of drug-likeness (QED) is 0.312. The minimum atomic E-state index is -0.0100. The summed E-state index contributed by atoms with van der Waals surface area (Å²) in [5, 5.41) is 0. The topological polar surface area (TPSA) is 0 Å². The summed E-state index contributed by atoms with van der Waals surface area (Å²) in [7, 11) is 0. The van der Waals surface area contributed by atoms with E-state index in [1.807, 2.05) is 0 Å². The second kappa shape index (κ2) is 12.3. The molecule has 1 atom stereocenters. The lowest BCUT2D eigenvalue weighted by Gasteiger charge is -2.46. The fraction of sp³-hybridized carbons (Fsp3) is 0.745. The molecule has 0 heterocycles. The second-order valence-corrected chi connectivity index (χ2v) is 23.4. The van der Waals surface area contributed by atoms with Crippen LogP contribution in [0.25, 0.3) is 0 Å². The Kier molecular flexibility index (Phi) is 10.9. The van der Waals surface area contributed by atoms with Gasteiger partial charge in [0.1, 0.15) is 0 Å². The average Bonchev–Trinajstić information content (AvgIpc) is 2.76. The van der Waals surface area contributed by atoms with Crippen LogP contribution in [-0.2, 0) is 49.7 Å². The van der Waals surface area contributed by atoms with E-state index < -0.39 is 0 Å².